The van der Waals surface area contributed by atoms with Crippen LogP contribution in [0.15, 0.2) is 109 Å². The molecule has 98 heavy (non-hydrogen) atoms. The molecule has 0 heterocycles. The van der Waals surface area contributed by atoms with Gasteiger partial charge in [-0.2, -0.15) is 0 Å². The van der Waals surface area contributed by atoms with Crippen molar-refractivity contribution in [3.8, 4) is 0 Å². The summed E-state index contributed by atoms with van der Waals surface area (Å²) in [5.74, 6) is -2.23. The summed E-state index contributed by atoms with van der Waals surface area (Å²) in [5, 5.41) is 10.6. The number of unbranched alkanes of at least 4 members (excludes halogenated alkanes) is 27. The monoisotopic (exact) mass is 1420 g/mol. The Balaban J connectivity index is 5.39. The number of esters is 4. The predicted molar refractivity (Wildman–Crippen MR) is 399 cm³/mol. The summed E-state index contributed by atoms with van der Waals surface area (Å²) in [7, 11) is -9.96. The Kier molecular flexibility index (Phi) is 68.0. The molecule has 0 radical (unpaired) electrons. The Hall–Kier alpha value is -4.28. The zero-order valence-corrected chi connectivity index (χ0v) is 63.2. The summed E-state index contributed by atoms with van der Waals surface area (Å²) in [6.45, 7) is 4.56. The van der Waals surface area contributed by atoms with Gasteiger partial charge in [0.1, 0.15) is 19.3 Å². The Labute approximate surface area is 594 Å². The summed E-state index contributed by atoms with van der Waals surface area (Å²) < 4.78 is 68.4. The first-order valence-corrected chi connectivity index (χ1v) is 41.1. The van der Waals surface area contributed by atoms with Gasteiger partial charge in [-0.05, 0) is 148 Å². The predicted octanol–water partition coefficient (Wildman–Crippen LogP) is 21.8. The van der Waals surface area contributed by atoms with E-state index in [2.05, 4.69) is 137 Å². The molecule has 5 atom stereocenters. The highest BCUT2D eigenvalue weighted by molar-refractivity contribution is 7.47. The average Bonchev–Trinajstić information content (AvgIpc) is 1.05. The number of phosphoric acid groups is 2. The largest absolute Gasteiger partial charge is 0.472 e. The second kappa shape index (κ2) is 71.1. The van der Waals surface area contributed by atoms with Crippen molar-refractivity contribution in [3.63, 3.8) is 0 Å². The zero-order valence-electron chi connectivity index (χ0n) is 61.4. The molecule has 5 unspecified atom stereocenters. The van der Waals surface area contributed by atoms with E-state index >= 15 is 0 Å². The van der Waals surface area contributed by atoms with E-state index in [4.69, 9.17) is 37.0 Å². The number of allylic oxidation sites excluding steroid dienone is 18. The highest BCUT2D eigenvalue weighted by atomic mass is 31.2. The molecule has 3 N–H and O–H groups in total. The van der Waals surface area contributed by atoms with Crippen molar-refractivity contribution in [1.82, 2.24) is 0 Å². The SMILES string of the molecule is CC/C=C\C/C=C\C/C=C\C/C=C\CCCCCCC(=O)OCC(COP(=O)(O)OCC(O)COP(=O)(O)OCC(COC(=O)CCCCCCC/C=C\CCCCCC)OC(=O)CCCCCCC/C=C\CCCCCC)OC(=O)CCCCCCC/C=C\C/C=C\C/C=C\CC. The van der Waals surface area contributed by atoms with E-state index in [1.165, 1.54) is 51.4 Å². The lowest BCUT2D eigenvalue weighted by Crippen LogP contribution is -2.30. The van der Waals surface area contributed by atoms with Crippen molar-refractivity contribution >= 4 is 39.5 Å². The van der Waals surface area contributed by atoms with Gasteiger partial charge >= 0.3 is 39.5 Å². The number of aliphatic hydroxyl groups excluding tert-OH is 1. The maximum absolute atomic E-state index is 13.1. The van der Waals surface area contributed by atoms with Crippen molar-refractivity contribution in [2.24, 2.45) is 0 Å². The Morgan fingerprint density at radius 2 is 0.531 bits per heavy atom. The lowest BCUT2D eigenvalue weighted by atomic mass is 10.1. The molecular formula is C79H136O17P2. The number of hydrogen-bond acceptors (Lipinski definition) is 15. The maximum Gasteiger partial charge on any atom is 0.472 e. The number of carbonyl (C=O) groups excluding carboxylic acids is 4. The van der Waals surface area contributed by atoms with Gasteiger partial charge in [0, 0.05) is 25.7 Å². The quantitative estimate of drug-likeness (QED) is 0.0169. The molecule has 0 aliphatic carbocycles. The fourth-order valence-electron chi connectivity index (χ4n) is 9.92. The fraction of sp³-hybridized carbons (Fsp3) is 0.722. The van der Waals surface area contributed by atoms with Gasteiger partial charge < -0.3 is 33.8 Å². The fourth-order valence-corrected chi connectivity index (χ4v) is 11.5. The molecule has 564 valence electrons. The second-order valence-corrected chi connectivity index (χ2v) is 28.1. The summed E-state index contributed by atoms with van der Waals surface area (Å²) in [5.41, 5.74) is 0. The zero-order chi connectivity index (χ0) is 71.8. The van der Waals surface area contributed by atoms with Crippen LogP contribution in [0.2, 0.25) is 0 Å². The second-order valence-electron chi connectivity index (χ2n) is 25.2. The molecule has 0 aromatic carbocycles. The molecule has 0 aliphatic heterocycles. The van der Waals surface area contributed by atoms with Gasteiger partial charge in [0.15, 0.2) is 12.2 Å². The van der Waals surface area contributed by atoms with Crippen LogP contribution < -0.4 is 0 Å². The van der Waals surface area contributed by atoms with Crippen LogP contribution in [0.1, 0.15) is 310 Å². The minimum Gasteiger partial charge on any atom is -0.462 e. The topological polar surface area (TPSA) is 237 Å². The van der Waals surface area contributed by atoms with Crippen LogP contribution in [0.3, 0.4) is 0 Å². The molecule has 0 bridgehead atoms. The van der Waals surface area contributed by atoms with E-state index < -0.39 is 97.5 Å². The van der Waals surface area contributed by atoms with Gasteiger partial charge in [-0.1, -0.05) is 246 Å². The molecule has 19 heteroatoms. The van der Waals surface area contributed by atoms with Gasteiger partial charge in [0.2, 0.25) is 0 Å². The highest BCUT2D eigenvalue weighted by Gasteiger charge is 2.30. The maximum atomic E-state index is 13.1. The number of aliphatic hydroxyl groups is 1. The van der Waals surface area contributed by atoms with Crippen LogP contribution >= 0.6 is 15.6 Å². The smallest absolute Gasteiger partial charge is 0.462 e. The summed E-state index contributed by atoms with van der Waals surface area (Å²) >= 11 is 0. The number of phosphoric ester groups is 2. The van der Waals surface area contributed by atoms with Gasteiger partial charge in [0.05, 0.1) is 26.4 Å². The number of ether oxygens (including phenoxy) is 4. The molecule has 0 saturated heterocycles. The van der Waals surface area contributed by atoms with Gasteiger partial charge in [-0.3, -0.25) is 37.3 Å². The minimum atomic E-state index is -4.99. The summed E-state index contributed by atoms with van der Waals surface area (Å²) in [6, 6.07) is 0. The van der Waals surface area contributed by atoms with Crippen molar-refractivity contribution in [2.45, 2.75) is 329 Å². The molecule has 17 nitrogen and oxygen atoms in total. The van der Waals surface area contributed by atoms with Crippen molar-refractivity contribution in [2.75, 3.05) is 39.6 Å². The molecule has 0 rings (SSSR count). The van der Waals surface area contributed by atoms with E-state index in [1.807, 2.05) is 0 Å². The molecule has 0 aromatic rings. The lowest BCUT2D eigenvalue weighted by Gasteiger charge is -2.21. The third-order valence-corrected chi connectivity index (χ3v) is 17.6. The number of hydrogen-bond donors (Lipinski definition) is 3. The van der Waals surface area contributed by atoms with E-state index in [1.54, 1.807) is 0 Å². The van der Waals surface area contributed by atoms with E-state index in [-0.39, 0.29) is 25.7 Å². The first kappa shape index (κ1) is 93.7. The number of carbonyl (C=O) groups is 4. The van der Waals surface area contributed by atoms with Gasteiger partial charge in [-0.15, -0.1) is 0 Å². The molecule has 0 aromatic heterocycles. The molecule has 0 amide bonds. The molecular weight excluding hydrogens is 1280 g/mol. The van der Waals surface area contributed by atoms with Crippen LogP contribution in [0.4, 0.5) is 0 Å². The van der Waals surface area contributed by atoms with Crippen molar-refractivity contribution < 1.29 is 80.2 Å². The summed E-state index contributed by atoms with van der Waals surface area (Å²) in [6.07, 6.45) is 75.0. The third kappa shape index (κ3) is 70.2. The average molecular weight is 1420 g/mol. The van der Waals surface area contributed by atoms with E-state index in [0.717, 1.165) is 180 Å². The van der Waals surface area contributed by atoms with Crippen LogP contribution in [0.5, 0.6) is 0 Å². The first-order chi connectivity index (χ1) is 47.7. The van der Waals surface area contributed by atoms with Crippen molar-refractivity contribution in [3.05, 3.63) is 109 Å². The summed E-state index contributed by atoms with van der Waals surface area (Å²) in [4.78, 5) is 72.8. The standard InChI is InChI=1S/C79H136O17P2/c1-5-9-13-17-21-25-29-33-35-36-38-41-44-48-52-56-60-64-77(82)90-70-75(96-79(84)66-62-58-54-50-46-42-37-34-30-26-22-18-14-10-6-2)72-94-98(87,88)92-68-73(80)67-91-97(85,86)93-71-74(95-78(83)65-61-57-53-49-45-40-32-28-24-20-16-12-8-4)69-89-76(81)63-59-55-51-47-43-39-31-27-23-19-15-11-7-3/h9-10,13-14,21-22,25-28,31-35,37-38,41,73-75,80H,5-8,11-12,15-20,23-24,29-30,36,39-40,42-72H2,1-4H3,(H,85,86)(H,87,88)/b13-9-,14-10-,25-21-,26-22-,31-27-,32-28-,35-33-,37-34-,41-38-. The molecule has 0 fully saturated rings. The van der Waals surface area contributed by atoms with Gasteiger partial charge in [-0.25, -0.2) is 9.13 Å². The van der Waals surface area contributed by atoms with E-state index in [0.29, 0.717) is 25.7 Å². The number of rotatable bonds is 71. The molecule has 0 spiro atoms. The Morgan fingerprint density at radius 3 is 0.827 bits per heavy atom. The minimum absolute atomic E-state index is 0.0680. The van der Waals surface area contributed by atoms with E-state index in [9.17, 15) is 43.2 Å². The van der Waals surface area contributed by atoms with Crippen LogP contribution in [-0.2, 0) is 65.4 Å². The first-order valence-electron chi connectivity index (χ1n) is 38.1. The molecule has 0 saturated carbocycles. The third-order valence-electron chi connectivity index (χ3n) is 15.7. The van der Waals surface area contributed by atoms with Gasteiger partial charge in [0.25, 0.3) is 0 Å². The van der Waals surface area contributed by atoms with Crippen molar-refractivity contribution in [1.29, 1.82) is 0 Å². The highest BCUT2D eigenvalue weighted by Crippen LogP contribution is 2.45. The Morgan fingerprint density at radius 1 is 0.296 bits per heavy atom. The van der Waals surface area contributed by atoms with Crippen LogP contribution in [0.25, 0.3) is 0 Å². The van der Waals surface area contributed by atoms with Crippen LogP contribution in [-0.4, -0.2) is 96.7 Å². The normalized spacial score (nSPS) is 14.6. The van der Waals surface area contributed by atoms with Crippen LogP contribution in [0, 0.1) is 0 Å². The Bertz CT molecular complexity index is 2290. The lowest BCUT2D eigenvalue weighted by molar-refractivity contribution is -0.161. The molecule has 0 aliphatic rings.